The van der Waals surface area contributed by atoms with Crippen molar-refractivity contribution in [3.8, 4) is 5.75 Å². The summed E-state index contributed by atoms with van der Waals surface area (Å²) in [5, 5.41) is 0. The predicted molar refractivity (Wildman–Crippen MR) is 95.9 cm³/mol. The van der Waals surface area contributed by atoms with Crippen molar-refractivity contribution < 1.29 is 26.5 Å². The molecule has 0 aliphatic carbocycles. The van der Waals surface area contributed by atoms with Crippen LogP contribution in [0, 0.1) is 0 Å². The topological polar surface area (TPSA) is 36.4 Å². The third-order valence-corrected chi connectivity index (χ3v) is 4.84. The zero-order valence-corrected chi connectivity index (χ0v) is 15.6. The van der Waals surface area contributed by atoms with Gasteiger partial charge in [-0.25, -0.2) is 4.57 Å². The second kappa shape index (κ2) is 6.50. The number of hydrogen-bond acceptors (Lipinski definition) is 4. The lowest BCUT2D eigenvalue weighted by molar-refractivity contribution is -0.654. The summed E-state index contributed by atoms with van der Waals surface area (Å²) < 4.78 is 7.25. The van der Waals surface area contributed by atoms with Crippen molar-refractivity contribution in [2.75, 3.05) is 19.1 Å². The number of halogens is 1. The van der Waals surface area contributed by atoms with Crippen molar-refractivity contribution in [2.45, 2.75) is 5.66 Å². The monoisotopic (exact) mass is 369 g/mol. The van der Waals surface area contributed by atoms with Crippen molar-refractivity contribution in [1.29, 1.82) is 0 Å². The molecule has 0 saturated carbocycles. The number of methoxy groups -OCH3 is 1. The highest BCUT2D eigenvalue weighted by Crippen LogP contribution is 2.52. The van der Waals surface area contributed by atoms with Crippen LogP contribution < -0.4 is 26.6 Å². The Balaban J connectivity index is 0.00000196. The molecule has 1 aromatic heterocycles. The van der Waals surface area contributed by atoms with E-state index in [2.05, 4.69) is 4.90 Å². The number of carbonyl (C=O) groups excluding carboxylic acids is 1. The molecule has 0 saturated heterocycles. The number of rotatable bonds is 4. The van der Waals surface area contributed by atoms with Gasteiger partial charge in [0.2, 0.25) is 11.5 Å². The summed E-state index contributed by atoms with van der Waals surface area (Å²) in [6, 6.07) is 11.3. The number of Topliss-reactive ketones (excluding diaryl/α,β-unsaturated/α-hetero) is 1. The van der Waals surface area contributed by atoms with Gasteiger partial charge in [0, 0.05) is 18.8 Å². The van der Waals surface area contributed by atoms with Gasteiger partial charge < -0.3 is 22.0 Å². The average Bonchev–Trinajstić information content (AvgIpc) is 3.38. The van der Waals surface area contributed by atoms with Gasteiger partial charge in [0.15, 0.2) is 0 Å². The van der Waals surface area contributed by atoms with Gasteiger partial charge in [-0.2, -0.15) is 4.90 Å². The van der Waals surface area contributed by atoms with Crippen molar-refractivity contribution >= 4 is 17.3 Å². The van der Waals surface area contributed by atoms with Crippen molar-refractivity contribution in [1.82, 2.24) is 4.90 Å². The van der Waals surface area contributed by atoms with E-state index < -0.39 is 5.66 Å². The van der Waals surface area contributed by atoms with E-state index in [1.54, 1.807) is 7.11 Å². The maximum absolute atomic E-state index is 13.6. The Morgan fingerprint density at radius 1 is 1.15 bits per heavy atom. The summed E-state index contributed by atoms with van der Waals surface area (Å²) in [5.74, 6) is 1.81. The van der Waals surface area contributed by atoms with E-state index in [-0.39, 0.29) is 18.2 Å². The van der Waals surface area contributed by atoms with Crippen LogP contribution in [-0.2, 0) is 7.05 Å². The molecular weight excluding hydrogens is 350 g/mol. The Morgan fingerprint density at radius 3 is 2.50 bits per heavy atom. The number of nitrogens with zero attached hydrogens (tertiary/aromatic N) is 3. The third-order valence-electron chi connectivity index (χ3n) is 4.84. The Hall–Kier alpha value is -2.79. The highest BCUT2D eigenvalue weighted by Gasteiger charge is 2.63. The van der Waals surface area contributed by atoms with Gasteiger partial charge in [0.1, 0.15) is 5.75 Å². The van der Waals surface area contributed by atoms with Crippen LogP contribution in [0.3, 0.4) is 0 Å². The number of fused-ring (bicyclic) bond motifs is 1. The maximum atomic E-state index is 13.6. The highest BCUT2D eigenvalue weighted by molar-refractivity contribution is 6.11. The Bertz CT molecular complexity index is 908. The number of pyridine rings is 1. The van der Waals surface area contributed by atoms with Gasteiger partial charge >= 0.3 is 5.82 Å². The third kappa shape index (κ3) is 2.47. The summed E-state index contributed by atoms with van der Waals surface area (Å²) in [6.07, 6.45) is 9.75. The predicted octanol–water partition coefficient (Wildman–Crippen LogP) is -0.430. The number of allylic oxidation sites excluding steroid dienone is 2. The van der Waals surface area contributed by atoms with Crippen molar-refractivity contribution in [3.63, 3.8) is 0 Å². The van der Waals surface area contributed by atoms with Gasteiger partial charge in [0.25, 0.3) is 5.66 Å². The fourth-order valence-electron chi connectivity index (χ4n) is 3.46. The van der Waals surface area contributed by atoms with Gasteiger partial charge in [-0.15, -0.1) is 0 Å². The first-order valence-corrected chi connectivity index (χ1v) is 8.16. The molecule has 26 heavy (non-hydrogen) atoms. The highest BCUT2D eigenvalue weighted by atomic mass is 35.5. The molecule has 0 fully saturated rings. The van der Waals surface area contributed by atoms with Gasteiger partial charge in [-0.05, 0) is 48.6 Å². The van der Waals surface area contributed by atoms with Crippen LogP contribution in [0.25, 0.3) is 0 Å². The second-order valence-corrected chi connectivity index (χ2v) is 6.26. The minimum Gasteiger partial charge on any atom is -1.00 e. The molecule has 0 amide bonds. The van der Waals surface area contributed by atoms with Crippen LogP contribution in [0.4, 0.5) is 11.5 Å². The number of carbonyl (C=O) groups is 1. The SMILES string of the molecule is COc1ccc(C(=O)[C@@]2(N3c4ccc[n+](C)c43)C=CC=CN2C)cc1.[Cl-]. The standard InChI is InChI=1S/C20H20N3O2.ClH/c1-21-13-6-7-17-19(21)23(17)20(12-4-5-14-22(20)2)18(24)15-8-10-16(25-3)11-9-15;/h4-14H,1-3H3;1H/q+1;/p-1/t20-;/m0./s1. The molecule has 1 atom stereocenters. The second-order valence-electron chi connectivity index (χ2n) is 6.26. The number of anilines is 2. The summed E-state index contributed by atoms with van der Waals surface area (Å²) in [7, 11) is 5.54. The molecule has 0 N–H and O–H groups in total. The first kappa shape index (κ1) is 18.0. The zero-order chi connectivity index (χ0) is 17.6. The fraction of sp³-hybridized carbons (Fsp3) is 0.200. The van der Waals surface area contributed by atoms with Crippen LogP contribution in [0.15, 0.2) is 67.0 Å². The van der Waals surface area contributed by atoms with E-state index in [1.165, 1.54) is 0 Å². The van der Waals surface area contributed by atoms with Gasteiger partial charge in [-0.3, -0.25) is 4.79 Å². The number of benzene rings is 1. The molecule has 2 aliphatic heterocycles. The number of ketones is 1. The molecular formula is C20H20ClN3O2. The number of aromatic nitrogens is 1. The molecule has 2 aromatic rings. The molecule has 6 heteroatoms. The zero-order valence-electron chi connectivity index (χ0n) is 14.9. The Kier molecular flexibility index (Phi) is 4.50. The lowest BCUT2D eigenvalue weighted by atomic mass is 9.93. The van der Waals surface area contributed by atoms with Crippen LogP contribution in [0.1, 0.15) is 10.4 Å². The molecule has 134 valence electrons. The largest absolute Gasteiger partial charge is 1.00 e. The van der Waals surface area contributed by atoms with E-state index in [9.17, 15) is 4.79 Å². The van der Waals surface area contributed by atoms with E-state index in [0.717, 1.165) is 17.3 Å². The van der Waals surface area contributed by atoms with Gasteiger partial charge in [-0.1, -0.05) is 6.08 Å². The van der Waals surface area contributed by atoms with Crippen molar-refractivity contribution in [2.24, 2.45) is 7.05 Å². The van der Waals surface area contributed by atoms with Crippen molar-refractivity contribution in [3.05, 3.63) is 72.6 Å². The quantitative estimate of drug-likeness (QED) is 0.416. The van der Waals surface area contributed by atoms with Crippen LogP contribution >= 0.6 is 0 Å². The summed E-state index contributed by atoms with van der Waals surface area (Å²) in [5.41, 5.74) is 0.817. The molecule has 1 aromatic carbocycles. The first-order valence-electron chi connectivity index (χ1n) is 8.16. The lowest BCUT2D eigenvalue weighted by Crippen LogP contribution is -3.00. The number of hydrogen-bond donors (Lipinski definition) is 0. The minimum absolute atomic E-state index is 0. The summed E-state index contributed by atoms with van der Waals surface area (Å²) >= 11 is 0. The first-order chi connectivity index (χ1) is 12.1. The smallest absolute Gasteiger partial charge is 0.332 e. The minimum atomic E-state index is -0.898. The Morgan fingerprint density at radius 2 is 1.88 bits per heavy atom. The number of likely N-dealkylation sites (N-methyl/N-ethyl adjacent to an activating group) is 1. The molecule has 2 aliphatic rings. The lowest BCUT2D eigenvalue weighted by Gasteiger charge is -2.36. The fourth-order valence-corrected chi connectivity index (χ4v) is 3.46. The van der Waals surface area contributed by atoms with Gasteiger partial charge in [0.05, 0.1) is 20.4 Å². The molecule has 0 bridgehead atoms. The van der Waals surface area contributed by atoms with E-state index in [1.807, 2.05) is 90.6 Å². The van der Waals surface area contributed by atoms with E-state index in [0.29, 0.717) is 5.56 Å². The normalized spacial score (nSPS) is 19.7. The molecule has 0 unspecified atom stereocenters. The van der Waals surface area contributed by atoms with Crippen LogP contribution in [0.2, 0.25) is 0 Å². The molecule has 4 rings (SSSR count). The Labute approximate surface area is 159 Å². The number of aryl methyl sites for hydroxylation is 1. The summed E-state index contributed by atoms with van der Waals surface area (Å²) in [4.78, 5) is 17.6. The summed E-state index contributed by atoms with van der Waals surface area (Å²) in [6.45, 7) is 0. The van der Waals surface area contributed by atoms with E-state index >= 15 is 0 Å². The van der Waals surface area contributed by atoms with E-state index in [4.69, 9.17) is 4.74 Å². The van der Waals surface area contributed by atoms with Crippen LogP contribution in [0.5, 0.6) is 5.75 Å². The molecule has 0 spiro atoms. The molecule has 5 nitrogen and oxygen atoms in total. The average molecular weight is 370 g/mol. The maximum Gasteiger partial charge on any atom is 0.332 e. The van der Waals surface area contributed by atoms with Crippen LogP contribution in [-0.4, -0.2) is 30.5 Å². The molecule has 3 heterocycles. The number of ether oxygens (including phenoxy) is 1. The molecule has 0 radical (unpaired) electrons.